The molecule has 40 heavy (non-hydrogen) atoms. The zero-order valence-corrected chi connectivity index (χ0v) is 22.7. The fraction of sp³-hybridized carbons (Fsp3) is 0.500. The van der Waals surface area contributed by atoms with E-state index in [0.717, 1.165) is 49.4 Å². The maximum absolute atomic E-state index is 14.2. The van der Waals surface area contributed by atoms with Gasteiger partial charge in [-0.15, -0.1) is 0 Å². The Balaban J connectivity index is 1.24. The Morgan fingerprint density at radius 2 is 2.00 bits per heavy atom. The number of hydrogen-bond acceptors (Lipinski definition) is 6. The van der Waals surface area contributed by atoms with Crippen molar-refractivity contribution >= 4 is 11.8 Å². The Morgan fingerprint density at radius 1 is 1.18 bits per heavy atom. The van der Waals surface area contributed by atoms with Crippen LogP contribution in [0.1, 0.15) is 59.2 Å². The van der Waals surface area contributed by atoms with Crippen LogP contribution in [-0.2, 0) is 23.2 Å². The molecule has 8 nitrogen and oxygen atoms in total. The summed E-state index contributed by atoms with van der Waals surface area (Å²) >= 11 is 0. The number of carbonyl (C=O) groups excluding carboxylic acids is 2. The number of nitrogens with zero attached hydrogens (tertiary/aromatic N) is 2. The van der Waals surface area contributed by atoms with Gasteiger partial charge in [0.25, 0.3) is 5.91 Å². The maximum Gasteiger partial charge on any atom is 0.252 e. The van der Waals surface area contributed by atoms with Gasteiger partial charge < -0.3 is 25.6 Å². The number of aromatic hydroxyl groups is 1. The van der Waals surface area contributed by atoms with Gasteiger partial charge in [-0.05, 0) is 80.3 Å². The van der Waals surface area contributed by atoms with E-state index in [4.69, 9.17) is 10.5 Å². The molecule has 1 saturated heterocycles. The molecule has 2 aliphatic heterocycles. The second-order valence-corrected chi connectivity index (χ2v) is 13.1. The molecule has 0 aromatic heterocycles. The van der Waals surface area contributed by atoms with Crippen molar-refractivity contribution in [3.63, 3.8) is 0 Å². The second-order valence-electron chi connectivity index (χ2n) is 13.1. The topological polar surface area (TPSA) is 116 Å². The average Bonchev–Trinajstić information content (AvgIpc) is 3.68. The lowest BCUT2D eigenvalue weighted by Gasteiger charge is -2.70. The molecule has 2 saturated carbocycles. The third-order valence-electron chi connectivity index (χ3n) is 11.0. The molecule has 5 aliphatic carbocycles. The van der Waals surface area contributed by atoms with Crippen LogP contribution < -0.4 is 10.5 Å². The molecule has 2 aromatic rings. The van der Waals surface area contributed by atoms with Gasteiger partial charge >= 0.3 is 0 Å². The van der Waals surface area contributed by atoms with Crippen molar-refractivity contribution in [3.8, 4) is 11.5 Å². The van der Waals surface area contributed by atoms with E-state index in [9.17, 15) is 19.8 Å². The van der Waals surface area contributed by atoms with Crippen LogP contribution in [-0.4, -0.2) is 69.7 Å². The molecule has 7 aliphatic rings. The highest BCUT2D eigenvalue weighted by molar-refractivity contribution is 5.97. The Kier molecular flexibility index (Phi) is 4.82. The molecular formula is C32H35N3O5. The number of primary amides is 1. The van der Waals surface area contributed by atoms with Crippen LogP contribution in [0.5, 0.6) is 11.5 Å². The van der Waals surface area contributed by atoms with Gasteiger partial charge in [-0.2, -0.15) is 0 Å². The normalized spacial score (nSPS) is 34.6. The highest BCUT2D eigenvalue weighted by Crippen LogP contribution is 2.74. The minimum absolute atomic E-state index is 0.110. The molecule has 4 bridgehead atoms. The molecular weight excluding hydrogens is 506 g/mol. The van der Waals surface area contributed by atoms with Gasteiger partial charge in [-0.3, -0.25) is 14.5 Å². The SMILES string of the molecule is CN(Cc1cccc(C(N)=O)c1)C(=O)C1=C[C@@]23CC[C@]1(O)[C@@H]1Oc4c(O)ccc5c4[C@@]12CCN(CC1CC1)[C@@H]3C5. The summed E-state index contributed by atoms with van der Waals surface area (Å²) in [7, 11) is 1.73. The fourth-order valence-corrected chi connectivity index (χ4v) is 9.18. The minimum Gasteiger partial charge on any atom is -0.504 e. The number of nitrogens with two attached hydrogens (primary N) is 1. The van der Waals surface area contributed by atoms with Crippen molar-refractivity contribution in [2.45, 2.75) is 68.2 Å². The first-order valence-electron chi connectivity index (χ1n) is 14.5. The number of likely N-dealkylation sites (tertiary alicyclic amines) is 1. The van der Waals surface area contributed by atoms with Crippen LogP contribution in [0.15, 0.2) is 48.0 Å². The molecule has 0 unspecified atom stereocenters. The van der Waals surface area contributed by atoms with E-state index in [1.165, 1.54) is 18.4 Å². The molecule has 4 N–H and O–H groups in total. The number of fused-ring (bicyclic) bond motifs is 1. The molecule has 2 amide bonds. The molecule has 2 spiro atoms. The highest BCUT2D eigenvalue weighted by atomic mass is 16.5. The van der Waals surface area contributed by atoms with E-state index in [1.54, 1.807) is 36.2 Å². The van der Waals surface area contributed by atoms with Gasteiger partial charge in [0.2, 0.25) is 5.91 Å². The largest absolute Gasteiger partial charge is 0.504 e. The second kappa shape index (κ2) is 7.89. The zero-order valence-electron chi connectivity index (χ0n) is 22.7. The van der Waals surface area contributed by atoms with Crippen LogP contribution in [0.3, 0.4) is 0 Å². The number of piperidine rings is 1. The van der Waals surface area contributed by atoms with Gasteiger partial charge in [0.1, 0.15) is 11.7 Å². The van der Waals surface area contributed by atoms with E-state index in [2.05, 4.69) is 11.0 Å². The average molecular weight is 542 g/mol. The molecule has 2 heterocycles. The Labute approximate surface area is 233 Å². The summed E-state index contributed by atoms with van der Waals surface area (Å²) in [6.45, 7) is 2.28. The number of benzene rings is 2. The Hall–Kier alpha value is -3.36. The van der Waals surface area contributed by atoms with E-state index < -0.39 is 23.0 Å². The first kappa shape index (κ1) is 24.4. The molecule has 0 radical (unpaired) electrons. The van der Waals surface area contributed by atoms with Gasteiger partial charge in [0, 0.05) is 48.3 Å². The fourth-order valence-electron chi connectivity index (χ4n) is 9.18. The lowest BCUT2D eigenvalue weighted by molar-refractivity contribution is -0.188. The summed E-state index contributed by atoms with van der Waals surface area (Å²) < 4.78 is 6.61. The molecule has 208 valence electrons. The standard InChI is InChI=1S/C32H35N3O5/c1-34(16-19-3-2-4-21(13-19)27(33)37)28(38)22-15-30-9-10-32(22,39)29-31(30)11-12-35(17-18-5-6-18)24(30)14-20-7-8-23(36)26(40-29)25(20)31/h2-4,7-8,13,15,18,24,29,36,39H,5-6,9-12,14,16-17H2,1H3,(H2,33,37)/t24-,29-,30-,31+,32-/m1/s1. The van der Waals surface area contributed by atoms with Crippen LogP contribution in [0.2, 0.25) is 0 Å². The van der Waals surface area contributed by atoms with Gasteiger partial charge in [-0.1, -0.05) is 24.3 Å². The van der Waals surface area contributed by atoms with E-state index in [-0.39, 0.29) is 29.7 Å². The lowest BCUT2D eigenvalue weighted by Crippen LogP contribution is -2.78. The Morgan fingerprint density at radius 3 is 2.77 bits per heavy atom. The molecule has 3 fully saturated rings. The predicted molar refractivity (Wildman–Crippen MR) is 147 cm³/mol. The predicted octanol–water partition coefficient (Wildman–Crippen LogP) is 2.64. The Bertz CT molecular complexity index is 1520. The third kappa shape index (κ3) is 2.93. The van der Waals surface area contributed by atoms with Crippen LogP contribution in [0.25, 0.3) is 0 Å². The summed E-state index contributed by atoms with van der Waals surface area (Å²) in [6.07, 6.45) is 6.98. The zero-order chi connectivity index (χ0) is 27.6. The van der Waals surface area contributed by atoms with Crippen molar-refractivity contribution < 1.29 is 24.5 Å². The first-order valence-corrected chi connectivity index (χ1v) is 14.5. The van der Waals surface area contributed by atoms with E-state index in [1.807, 2.05) is 12.1 Å². The van der Waals surface area contributed by atoms with E-state index in [0.29, 0.717) is 23.3 Å². The number of amides is 2. The smallest absolute Gasteiger partial charge is 0.252 e. The van der Waals surface area contributed by atoms with Crippen LogP contribution in [0.4, 0.5) is 0 Å². The lowest BCUT2D eigenvalue weighted by atomic mass is 9.38. The summed E-state index contributed by atoms with van der Waals surface area (Å²) in [4.78, 5) is 30.2. The van der Waals surface area contributed by atoms with Crippen LogP contribution in [0, 0.1) is 11.3 Å². The molecule has 9 rings (SSSR count). The molecule has 5 atom stereocenters. The quantitative estimate of drug-likeness (QED) is 0.518. The van der Waals surface area contributed by atoms with Crippen molar-refractivity contribution in [2.75, 3.05) is 20.1 Å². The number of phenolic OH excluding ortho intramolecular Hbond substituents is 1. The van der Waals surface area contributed by atoms with Gasteiger partial charge in [0.05, 0.1) is 5.41 Å². The molecule has 2 aromatic carbocycles. The first-order chi connectivity index (χ1) is 19.2. The minimum atomic E-state index is -1.47. The summed E-state index contributed by atoms with van der Waals surface area (Å²) in [5.74, 6) is 0.609. The molecule has 8 heteroatoms. The highest BCUT2D eigenvalue weighted by Gasteiger charge is 2.78. The van der Waals surface area contributed by atoms with Crippen molar-refractivity contribution in [3.05, 3.63) is 70.3 Å². The summed E-state index contributed by atoms with van der Waals surface area (Å²) in [6, 6.07) is 11.0. The maximum atomic E-state index is 14.2. The monoisotopic (exact) mass is 541 g/mol. The van der Waals surface area contributed by atoms with Crippen molar-refractivity contribution in [2.24, 2.45) is 17.1 Å². The van der Waals surface area contributed by atoms with E-state index >= 15 is 0 Å². The van der Waals surface area contributed by atoms with Crippen molar-refractivity contribution in [1.82, 2.24) is 9.80 Å². The van der Waals surface area contributed by atoms with Crippen molar-refractivity contribution in [1.29, 1.82) is 0 Å². The number of hydrogen-bond donors (Lipinski definition) is 3. The summed E-state index contributed by atoms with van der Waals surface area (Å²) in [5, 5.41) is 23.4. The summed E-state index contributed by atoms with van der Waals surface area (Å²) in [5.41, 5.74) is 7.04. The third-order valence-corrected chi connectivity index (χ3v) is 11.0. The number of carbonyl (C=O) groups is 2. The number of likely N-dealkylation sites (N-methyl/N-ethyl adjacent to an activating group) is 1. The van der Waals surface area contributed by atoms with Crippen LogP contribution >= 0.6 is 0 Å². The number of rotatable bonds is 6. The van der Waals surface area contributed by atoms with Gasteiger partial charge in [0.15, 0.2) is 11.5 Å². The number of ether oxygens (including phenoxy) is 1. The number of aliphatic hydroxyl groups is 1. The number of phenols is 1. The van der Waals surface area contributed by atoms with Gasteiger partial charge in [-0.25, -0.2) is 0 Å².